The third-order valence-corrected chi connectivity index (χ3v) is 4.17. The maximum absolute atomic E-state index is 12.4. The largest absolute Gasteiger partial charge is 0.497 e. The van der Waals surface area contributed by atoms with Gasteiger partial charge in [-0.3, -0.25) is 9.59 Å². The Bertz CT molecular complexity index is 588. The lowest BCUT2D eigenvalue weighted by Crippen LogP contribution is -2.38. The Kier molecular flexibility index (Phi) is 5.47. The van der Waals surface area contributed by atoms with Crippen molar-refractivity contribution in [2.45, 2.75) is 32.7 Å². The number of carbonyl (C=O) groups is 2. The van der Waals surface area contributed by atoms with E-state index < -0.39 is 0 Å². The first-order valence-electron chi connectivity index (χ1n) is 7.82. The van der Waals surface area contributed by atoms with Crippen molar-refractivity contribution < 1.29 is 19.1 Å². The number of ether oxygens (including phenoxy) is 2. The molecule has 23 heavy (non-hydrogen) atoms. The molecule has 126 valence electrons. The van der Waals surface area contributed by atoms with E-state index in [1.165, 1.54) is 0 Å². The van der Waals surface area contributed by atoms with Gasteiger partial charge < -0.3 is 19.7 Å². The van der Waals surface area contributed by atoms with Crippen LogP contribution >= 0.6 is 0 Å². The molecule has 0 radical (unpaired) electrons. The predicted molar refractivity (Wildman–Crippen MR) is 87.9 cm³/mol. The number of carbonyl (C=O) groups excluding carboxylic acids is 2. The van der Waals surface area contributed by atoms with Crippen LogP contribution in [-0.2, 0) is 9.59 Å². The van der Waals surface area contributed by atoms with Gasteiger partial charge in [-0.25, -0.2) is 0 Å². The van der Waals surface area contributed by atoms with E-state index in [4.69, 9.17) is 9.47 Å². The lowest BCUT2D eigenvalue weighted by molar-refractivity contribution is -0.126. The number of nitrogens with one attached hydrogen (secondary N) is 1. The van der Waals surface area contributed by atoms with Crippen LogP contribution in [0.5, 0.6) is 11.5 Å². The van der Waals surface area contributed by atoms with E-state index in [1.807, 2.05) is 13.8 Å². The molecule has 1 fully saturated rings. The number of anilines is 1. The fraction of sp³-hybridized carbons (Fsp3) is 0.529. The van der Waals surface area contributed by atoms with Crippen molar-refractivity contribution in [3.8, 4) is 11.5 Å². The average molecular weight is 320 g/mol. The Morgan fingerprint density at radius 1 is 1.39 bits per heavy atom. The van der Waals surface area contributed by atoms with E-state index in [-0.39, 0.29) is 30.2 Å². The fourth-order valence-corrected chi connectivity index (χ4v) is 2.59. The van der Waals surface area contributed by atoms with Crippen LogP contribution in [0.3, 0.4) is 0 Å². The summed E-state index contributed by atoms with van der Waals surface area (Å²) in [6.07, 6.45) is 1.07. The lowest BCUT2D eigenvalue weighted by atomic mass is 10.1. The van der Waals surface area contributed by atoms with Crippen LogP contribution < -0.4 is 19.7 Å². The molecule has 0 unspecified atom stereocenters. The van der Waals surface area contributed by atoms with Gasteiger partial charge in [0.2, 0.25) is 11.8 Å². The van der Waals surface area contributed by atoms with E-state index >= 15 is 0 Å². The van der Waals surface area contributed by atoms with E-state index in [1.54, 1.807) is 37.3 Å². The monoisotopic (exact) mass is 320 g/mol. The molecule has 1 saturated heterocycles. The quantitative estimate of drug-likeness (QED) is 0.870. The molecule has 0 spiro atoms. The SMILES string of the molecule is CC[C@H](C)NC(=O)[C@H]1CC(=O)N(c2cc(OC)ccc2OC)C1. The first-order chi connectivity index (χ1) is 11.0. The highest BCUT2D eigenvalue weighted by Gasteiger charge is 2.36. The van der Waals surface area contributed by atoms with Gasteiger partial charge in [0.05, 0.1) is 25.8 Å². The molecular weight excluding hydrogens is 296 g/mol. The third-order valence-electron chi connectivity index (χ3n) is 4.17. The van der Waals surface area contributed by atoms with Crippen molar-refractivity contribution in [3.63, 3.8) is 0 Å². The van der Waals surface area contributed by atoms with E-state index in [0.717, 1.165) is 6.42 Å². The van der Waals surface area contributed by atoms with Gasteiger partial charge in [0, 0.05) is 25.1 Å². The number of hydrogen-bond acceptors (Lipinski definition) is 4. The molecule has 6 nitrogen and oxygen atoms in total. The Morgan fingerprint density at radius 3 is 2.74 bits per heavy atom. The highest BCUT2D eigenvalue weighted by Crippen LogP contribution is 2.36. The normalized spacial score (nSPS) is 18.7. The Labute approximate surface area is 136 Å². The van der Waals surface area contributed by atoms with Crippen LogP contribution in [0.25, 0.3) is 0 Å². The maximum atomic E-state index is 12.4. The van der Waals surface area contributed by atoms with Crippen LogP contribution in [0.2, 0.25) is 0 Å². The molecule has 0 aromatic heterocycles. The second kappa shape index (κ2) is 7.35. The molecule has 1 aromatic rings. The molecule has 1 aliphatic heterocycles. The molecule has 2 amide bonds. The van der Waals surface area contributed by atoms with Gasteiger partial charge in [-0.1, -0.05) is 6.92 Å². The predicted octanol–water partition coefficient (Wildman–Crippen LogP) is 1.97. The van der Waals surface area contributed by atoms with E-state index in [2.05, 4.69) is 5.32 Å². The van der Waals surface area contributed by atoms with E-state index in [9.17, 15) is 9.59 Å². The van der Waals surface area contributed by atoms with Crippen LogP contribution in [0, 0.1) is 5.92 Å². The van der Waals surface area contributed by atoms with Crippen LogP contribution in [-0.4, -0.2) is 38.6 Å². The summed E-state index contributed by atoms with van der Waals surface area (Å²) in [7, 11) is 3.12. The zero-order chi connectivity index (χ0) is 17.0. The van der Waals surface area contributed by atoms with Crippen molar-refractivity contribution in [1.82, 2.24) is 5.32 Å². The summed E-state index contributed by atoms with van der Waals surface area (Å²) in [6.45, 7) is 4.32. The van der Waals surface area contributed by atoms with Crippen molar-refractivity contribution in [1.29, 1.82) is 0 Å². The lowest BCUT2D eigenvalue weighted by Gasteiger charge is -2.20. The Morgan fingerprint density at radius 2 is 2.13 bits per heavy atom. The van der Waals surface area contributed by atoms with Gasteiger partial charge >= 0.3 is 0 Å². The van der Waals surface area contributed by atoms with Crippen LogP contribution in [0.4, 0.5) is 5.69 Å². The molecule has 1 N–H and O–H groups in total. The minimum atomic E-state index is -0.340. The summed E-state index contributed by atoms with van der Waals surface area (Å²) in [4.78, 5) is 26.2. The van der Waals surface area contributed by atoms with Gasteiger partial charge in [-0.05, 0) is 25.5 Å². The molecule has 0 aliphatic carbocycles. The highest BCUT2D eigenvalue weighted by molar-refractivity contribution is 6.01. The molecule has 0 saturated carbocycles. The summed E-state index contributed by atoms with van der Waals surface area (Å²) in [5.41, 5.74) is 0.635. The first-order valence-corrected chi connectivity index (χ1v) is 7.82. The fourth-order valence-electron chi connectivity index (χ4n) is 2.59. The first kappa shape index (κ1) is 17.1. The van der Waals surface area contributed by atoms with Gasteiger partial charge in [0.15, 0.2) is 0 Å². The van der Waals surface area contributed by atoms with Gasteiger partial charge in [-0.2, -0.15) is 0 Å². The zero-order valence-electron chi connectivity index (χ0n) is 14.1. The zero-order valence-corrected chi connectivity index (χ0v) is 14.1. The van der Waals surface area contributed by atoms with Gasteiger partial charge in [0.1, 0.15) is 11.5 Å². The highest BCUT2D eigenvalue weighted by atomic mass is 16.5. The summed E-state index contributed by atoms with van der Waals surface area (Å²) in [5, 5.41) is 2.94. The summed E-state index contributed by atoms with van der Waals surface area (Å²) >= 11 is 0. The number of benzene rings is 1. The minimum absolute atomic E-state index is 0.0722. The van der Waals surface area contributed by atoms with E-state index in [0.29, 0.717) is 23.7 Å². The maximum Gasteiger partial charge on any atom is 0.227 e. The number of rotatable bonds is 6. The molecule has 2 rings (SSSR count). The van der Waals surface area contributed by atoms with Crippen LogP contribution in [0.15, 0.2) is 18.2 Å². The number of hydrogen-bond donors (Lipinski definition) is 1. The minimum Gasteiger partial charge on any atom is -0.497 e. The number of amides is 2. The molecule has 1 heterocycles. The Hall–Kier alpha value is -2.24. The van der Waals surface area contributed by atoms with Crippen molar-refractivity contribution in [2.24, 2.45) is 5.92 Å². The van der Waals surface area contributed by atoms with Gasteiger partial charge in [0.25, 0.3) is 0 Å². The van der Waals surface area contributed by atoms with Crippen molar-refractivity contribution >= 4 is 17.5 Å². The molecular formula is C17H24N2O4. The van der Waals surface area contributed by atoms with Crippen LogP contribution in [0.1, 0.15) is 26.7 Å². The Balaban J connectivity index is 2.19. The van der Waals surface area contributed by atoms with Crippen molar-refractivity contribution in [3.05, 3.63) is 18.2 Å². The summed E-state index contributed by atoms with van der Waals surface area (Å²) < 4.78 is 10.6. The topological polar surface area (TPSA) is 67.9 Å². The summed E-state index contributed by atoms with van der Waals surface area (Å²) in [6, 6.07) is 5.40. The molecule has 1 aliphatic rings. The third kappa shape index (κ3) is 3.75. The number of nitrogens with zero attached hydrogens (tertiary/aromatic N) is 1. The van der Waals surface area contributed by atoms with Crippen molar-refractivity contribution in [2.75, 3.05) is 25.7 Å². The average Bonchev–Trinajstić information content (AvgIpc) is 2.95. The smallest absolute Gasteiger partial charge is 0.227 e. The second-order valence-electron chi connectivity index (χ2n) is 5.76. The molecule has 0 bridgehead atoms. The second-order valence-corrected chi connectivity index (χ2v) is 5.76. The molecule has 1 aromatic carbocycles. The summed E-state index contributed by atoms with van der Waals surface area (Å²) in [5.74, 6) is 0.730. The molecule has 2 atom stereocenters. The number of methoxy groups -OCH3 is 2. The van der Waals surface area contributed by atoms with Gasteiger partial charge in [-0.15, -0.1) is 0 Å². The standard InChI is InChI=1S/C17H24N2O4/c1-5-11(2)18-17(21)12-8-16(20)19(10-12)14-9-13(22-3)6-7-15(14)23-4/h6-7,9,11-12H,5,8,10H2,1-4H3,(H,18,21)/t11-,12-/m0/s1. The molecule has 6 heteroatoms.